The van der Waals surface area contributed by atoms with Crippen LogP contribution in [0.25, 0.3) is 16.9 Å². The molecule has 3 rings (SSSR count). The first-order valence-electron chi connectivity index (χ1n) is 6.67. The number of rotatable bonds is 2. The summed E-state index contributed by atoms with van der Waals surface area (Å²) in [5, 5.41) is 14.4. The predicted octanol–water partition coefficient (Wildman–Crippen LogP) is 3.07. The summed E-state index contributed by atoms with van der Waals surface area (Å²) in [6.07, 6.45) is 2.64. The van der Waals surface area contributed by atoms with E-state index in [0.29, 0.717) is 16.9 Å². The SMILES string of the molecule is Cc1nn2c(O)cc(-c3cncc(F)c3)nc2c1C(C)C. The van der Waals surface area contributed by atoms with Gasteiger partial charge in [0, 0.05) is 23.4 Å². The van der Waals surface area contributed by atoms with Gasteiger partial charge in [-0.2, -0.15) is 9.61 Å². The van der Waals surface area contributed by atoms with Crippen LogP contribution in [0.5, 0.6) is 5.88 Å². The second-order valence-electron chi connectivity index (χ2n) is 5.28. The summed E-state index contributed by atoms with van der Waals surface area (Å²) in [7, 11) is 0. The van der Waals surface area contributed by atoms with Crippen LogP contribution in [-0.2, 0) is 0 Å². The van der Waals surface area contributed by atoms with Crippen molar-refractivity contribution in [2.24, 2.45) is 0 Å². The maximum atomic E-state index is 13.3. The third-order valence-electron chi connectivity index (χ3n) is 3.37. The Morgan fingerprint density at radius 3 is 2.67 bits per heavy atom. The van der Waals surface area contributed by atoms with Crippen molar-refractivity contribution in [2.75, 3.05) is 0 Å². The van der Waals surface area contributed by atoms with Crippen molar-refractivity contribution in [2.45, 2.75) is 26.7 Å². The van der Waals surface area contributed by atoms with E-state index in [1.165, 1.54) is 22.8 Å². The molecule has 0 aromatic carbocycles. The van der Waals surface area contributed by atoms with E-state index in [0.717, 1.165) is 17.5 Å². The quantitative estimate of drug-likeness (QED) is 0.786. The van der Waals surface area contributed by atoms with E-state index in [-0.39, 0.29) is 11.8 Å². The molecule has 0 unspecified atom stereocenters. The monoisotopic (exact) mass is 286 g/mol. The van der Waals surface area contributed by atoms with Crippen LogP contribution in [0.15, 0.2) is 24.5 Å². The predicted molar refractivity (Wildman–Crippen MR) is 76.7 cm³/mol. The van der Waals surface area contributed by atoms with E-state index >= 15 is 0 Å². The van der Waals surface area contributed by atoms with Crippen LogP contribution in [0.2, 0.25) is 0 Å². The van der Waals surface area contributed by atoms with Crippen molar-refractivity contribution in [3.05, 3.63) is 41.6 Å². The van der Waals surface area contributed by atoms with Gasteiger partial charge in [0.2, 0.25) is 5.88 Å². The molecule has 0 aliphatic carbocycles. The highest BCUT2D eigenvalue weighted by Crippen LogP contribution is 2.29. The molecule has 0 amide bonds. The average Bonchev–Trinajstić information content (AvgIpc) is 2.75. The number of aromatic hydroxyl groups is 1. The highest BCUT2D eigenvalue weighted by Gasteiger charge is 2.17. The lowest BCUT2D eigenvalue weighted by atomic mass is 10.0. The van der Waals surface area contributed by atoms with E-state index < -0.39 is 5.82 Å². The highest BCUT2D eigenvalue weighted by molar-refractivity contribution is 5.65. The molecule has 0 saturated carbocycles. The molecular formula is C15H15FN4O. The highest BCUT2D eigenvalue weighted by atomic mass is 19.1. The maximum Gasteiger partial charge on any atom is 0.216 e. The summed E-state index contributed by atoms with van der Waals surface area (Å²) in [4.78, 5) is 8.34. The molecule has 1 N–H and O–H groups in total. The smallest absolute Gasteiger partial charge is 0.216 e. The van der Waals surface area contributed by atoms with Crippen LogP contribution in [0.1, 0.15) is 31.0 Å². The molecule has 0 fully saturated rings. The van der Waals surface area contributed by atoms with Crippen molar-refractivity contribution in [3.63, 3.8) is 0 Å². The Balaban J connectivity index is 2.29. The molecule has 3 heterocycles. The van der Waals surface area contributed by atoms with E-state index in [9.17, 15) is 9.50 Å². The molecule has 0 spiro atoms. The lowest BCUT2D eigenvalue weighted by Crippen LogP contribution is -1.96. The minimum atomic E-state index is -0.442. The molecule has 0 bridgehead atoms. The molecule has 0 aliphatic heterocycles. The van der Waals surface area contributed by atoms with Crippen molar-refractivity contribution >= 4 is 5.65 Å². The Hall–Kier alpha value is -2.50. The number of aryl methyl sites for hydroxylation is 1. The molecule has 21 heavy (non-hydrogen) atoms. The van der Waals surface area contributed by atoms with Crippen molar-refractivity contribution in [3.8, 4) is 17.1 Å². The van der Waals surface area contributed by atoms with Crippen LogP contribution >= 0.6 is 0 Å². The average molecular weight is 286 g/mol. The first kappa shape index (κ1) is 13.5. The Labute approximate surface area is 121 Å². The van der Waals surface area contributed by atoms with Gasteiger partial charge in [0.1, 0.15) is 5.82 Å². The van der Waals surface area contributed by atoms with Crippen LogP contribution in [0.4, 0.5) is 4.39 Å². The topological polar surface area (TPSA) is 63.3 Å². The Morgan fingerprint density at radius 1 is 1.24 bits per heavy atom. The summed E-state index contributed by atoms with van der Waals surface area (Å²) in [5.74, 6) is -0.257. The van der Waals surface area contributed by atoms with Gasteiger partial charge < -0.3 is 5.11 Å². The standard InChI is InChI=1S/C15H15FN4O/c1-8(2)14-9(3)19-20-13(21)5-12(18-15(14)20)10-4-11(16)7-17-6-10/h4-8,21H,1-3H3. The van der Waals surface area contributed by atoms with Gasteiger partial charge in [-0.15, -0.1) is 0 Å². The second-order valence-corrected chi connectivity index (χ2v) is 5.28. The summed E-state index contributed by atoms with van der Waals surface area (Å²) in [6, 6.07) is 2.80. The van der Waals surface area contributed by atoms with Gasteiger partial charge in [0.05, 0.1) is 17.6 Å². The number of nitrogens with zero attached hydrogens (tertiary/aromatic N) is 4. The maximum absolute atomic E-state index is 13.3. The fourth-order valence-corrected chi connectivity index (χ4v) is 2.50. The molecule has 0 saturated heterocycles. The molecule has 5 nitrogen and oxygen atoms in total. The third kappa shape index (κ3) is 2.22. The molecule has 3 aromatic heterocycles. The summed E-state index contributed by atoms with van der Waals surface area (Å²) < 4.78 is 14.7. The number of hydrogen-bond acceptors (Lipinski definition) is 4. The molecule has 0 atom stereocenters. The molecule has 0 radical (unpaired) electrons. The summed E-state index contributed by atoms with van der Waals surface area (Å²) >= 11 is 0. The zero-order chi connectivity index (χ0) is 15.1. The van der Waals surface area contributed by atoms with Crippen LogP contribution < -0.4 is 0 Å². The van der Waals surface area contributed by atoms with Gasteiger partial charge in [0.15, 0.2) is 5.65 Å². The van der Waals surface area contributed by atoms with Crippen LogP contribution in [0.3, 0.4) is 0 Å². The van der Waals surface area contributed by atoms with E-state index in [4.69, 9.17) is 0 Å². The first-order chi connectivity index (χ1) is 9.97. The minimum Gasteiger partial charge on any atom is -0.493 e. The number of halogens is 1. The lowest BCUT2D eigenvalue weighted by Gasteiger charge is -2.06. The Kier molecular flexibility index (Phi) is 3.08. The second kappa shape index (κ2) is 4.80. The van der Waals surface area contributed by atoms with Crippen molar-refractivity contribution in [1.29, 1.82) is 0 Å². The lowest BCUT2D eigenvalue weighted by molar-refractivity contribution is 0.435. The van der Waals surface area contributed by atoms with Crippen LogP contribution in [-0.4, -0.2) is 24.7 Å². The number of hydrogen-bond donors (Lipinski definition) is 1. The van der Waals surface area contributed by atoms with Crippen LogP contribution in [0, 0.1) is 12.7 Å². The van der Waals surface area contributed by atoms with E-state index in [1.54, 1.807) is 0 Å². The normalized spacial score (nSPS) is 11.5. The zero-order valence-corrected chi connectivity index (χ0v) is 12.0. The third-order valence-corrected chi connectivity index (χ3v) is 3.37. The van der Waals surface area contributed by atoms with E-state index in [1.807, 2.05) is 20.8 Å². The zero-order valence-electron chi connectivity index (χ0n) is 12.0. The van der Waals surface area contributed by atoms with Gasteiger partial charge in [0.25, 0.3) is 0 Å². The van der Waals surface area contributed by atoms with Gasteiger partial charge in [-0.05, 0) is 18.9 Å². The van der Waals surface area contributed by atoms with Gasteiger partial charge in [-0.25, -0.2) is 9.37 Å². The molecule has 6 heteroatoms. The van der Waals surface area contributed by atoms with Gasteiger partial charge in [-0.3, -0.25) is 4.98 Å². The number of pyridine rings is 1. The van der Waals surface area contributed by atoms with E-state index in [2.05, 4.69) is 15.1 Å². The first-order valence-corrected chi connectivity index (χ1v) is 6.67. The van der Waals surface area contributed by atoms with Gasteiger partial charge in [-0.1, -0.05) is 13.8 Å². The summed E-state index contributed by atoms with van der Waals surface area (Å²) in [6.45, 7) is 5.96. The van der Waals surface area contributed by atoms with Crippen molar-refractivity contribution < 1.29 is 9.50 Å². The largest absolute Gasteiger partial charge is 0.493 e. The Morgan fingerprint density at radius 2 is 2.00 bits per heavy atom. The Bertz CT molecular complexity index is 826. The number of aromatic nitrogens is 4. The van der Waals surface area contributed by atoms with Gasteiger partial charge >= 0.3 is 0 Å². The minimum absolute atomic E-state index is 0.0331. The molecule has 0 aliphatic rings. The molecule has 3 aromatic rings. The molecule has 108 valence electrons. The fraction of sp³-hybridized carbons (Fsp3) is 0.267. The molecular weight excluding hydrogens is 271 g/mol. The number of fused-ring (bicyclic) bond motifs is 1. The van der Waals surface area contributed by atoms with Crippen molar-refractivity contribution in [1.82, 2.24) is 19.6 Å². The summed E-state index contributed by atoms with van der Waals surface area (Å²) in [5.41, 5.74) is 3.36. The fourth-order valence-electron chi connectivity index (χ4n) is 2.50.